The third kappa shape index (κ3) is 1.68. The number of aryl methyl sites for hydroxylation is 2. The van der Waals surface area contributed by atoms with Crippen LogP contribution >= 0.6 is 0 Å². The minimum absolute atomic E-state index is 0.0919. The summed E-state index contributed by atoms with van der Waals surface area (Å²) in [5.41, 5.74) is 4.55. The Morgan fingerprint density at radius 1 is 0.895 bits per heavy atom. The Labute approximate surface area is 112 Å². The van der Waals surface area contributed by atoms with Crippen molar-refractivity contribution in [2.75, 3.05) is 0 Å². The largest absolute Gasteiger partial charge is 0.507 e. The Balaban J connectivity index is 2.23. The number of allylic oxidation sites excluding steroid dienone is 1. The van der Waals surface area contributed by atoms with Gasteiger partial charge in [0.2, 0.25) is 0 Å². The highest BCUT2D eigenvalue weighted by atomic mass is 16.3. The van der Waals surface area contributed by atoms with Crippen LogP contribution in [0.2, 0.25) is 0 Å². The summed E-state index contributed by atoms with van der Waals surface area (Å²) < 4.78 is 0. The van der Waals surface area contributed by atoms with Gasteiger partial charge in [0.05, 0.1) is 5.57 Å². The Hall–Kier alpha value is -2.35. The van der Waals surface area contributed by atoms with E-state index in [4.69, 9.17) is 0 Å². The molecule has 0 saturated heterocycles. The number of rotatable bonds is 1. The fraction of sp³-hybridized carbons (Fsp3) is 0.118. The van der Waals surface area contributed by atoms with Crippen molar-refractivity contribution in [1.82, 2.24) is 0 Å². The highest BCUT2D eigenvalue weighted by Gasteiger charge is 2.30. The van der Waals surface area contributed by atoms with E-state index in [1.54, 1.807) is 0 Å². The van der Waals surface area contributed by atoms with Crippen LogP contribution < -0.4 is 0 Å². The number of fused-ring (bicyclic) bond motifs is 1. The Morgan fingerprint density at radius 2 is 1.47 bits per heavy atom. The lowest BCUT2D eigenvalue weighted by Gasteiger charge is -2.04. The number of Topliss-reactive ketones (excluding diaryl/α,β-unsaturated/α-hetero) is 1. The Morgan fingerprint density at radius 3 is 2.11 bits per heavy atom. The van der Waals surface area contributed by atoms with Gasteiger partial charge in [-0.05, 0) is 42.7 Å². The molecule has 0 saturated carbocycles. The number of aliphatic hydroxyl groups excluding tert-OH is 1. The van der Waals surface area contributed by atoms with Crippen LogP contribution in [0.15, 0.2) is 42.5 Å². The van der Waals surface area contributed by atoms with E-state index in [0.29, 0.717) is 16.7 Å². The number of carbonyl (C=O) groups is 1. The minimum Gasteiger partial charge on any atom is -0.507 e. The van der Waals surface area contributed by atoms with Gasteiger partial charge in [-0.15, -0.1) is 0 Å². The number of hydrogen-bond donors (Lipinski definition) is 1. The second-order valence-corrected chi connectivity index (χ2v) is 4.90. The van der Waals surface area contributed by atoms with Crippen LogP contribution in [0.4, 0.5) is 0 Å². The first-order valence-corrected chi connectivity index (χ1v) is 6.24. The van der Waals surface area contributed by atoms with Crippen molar-refractivity contribution in [3.8, 4) is 0 Å². The van der Waals surface area contributed by atoms with Crippen molar-refractivity contribution in [2.45, 2.75) is 13.8 Å². The molecule has 2 aromatic carbocycles. The van der Waals surface area contributed by atoms with Gasteiger partial charge < -0.3 is 5.11 Å². The molecule has 0 radical (unpaired) electrons. The van der Waals surface area contributed by atoms with Crippen LogP contribution in [-0.4, -0.2) is 10.9 Å². The fourth-order valence-electron chi connectivity index (χ4n) is 2.45. The van der Waals surface area contributed by atoms with Gasteiger partial charge >= 0.3 is 0 Å². The lowest BCUT2D eigenvalue weighted by atomic mass is 9.99. The monoisotopic (exact) mass is 250 g/mol. The molecule has 0 aliphatic heterocycles. The van der Waals surface area contributed by atoms with Gasteiger partial charge in [-0.2, -0.15) is 0 Å². The molecule has 1 aliphatic carbocycles. The normalized spacial score (nSPS) is 13.9. The molecule has 1 aliphatic rings. The van der Waals surface area contributed by atoms with Gasteiger partial charge in [0.15, 0.2) is 5.78 Å². The van der Waals surface area contributed by atoms with Gasteiger partial charge in [0.25, 0.3) is 0 Å². The molecule has 0 amide bonds. The average Bonchev–Trinajstić information content (AvgIpc) is 2.64. The standard InChI is InChI=1S/C17H14O2/c1-10-8-13-14(9-11(10)2)17(19)15(16(13)18)12-6-4-3-5-7-12/h3-9,18H,1-2H3. The summed E-state index contributed by atoms with van der Waals surface area (Å²) in [6, 6.07) is 13.0. The van der Waals surface area contributed by atoms with Crippen LogP contribution in [0.1, 0.15) is 32.6 Å². The number of aliphatic hydroxyl groups is 1. The molecule has 3 rings (SSSR count). The topological polar surface area (TPSA) is 37.3 Å². The predicted molar refractivity (Wildman–Crippen MR) is 76.1 cm³/mol. The van der Waals surface area contributed by atoms with E-state index in [9.17, 15) is 9.90 Å². The summed E-state index contributed by atoms with van der Waals surface area (Å²) in [5, 5.41) is 10.3. The van der Waals surface area contributed by atoms with Crippen molar-refractivity contribution >= 4 is 17.1 Å². The summed E-state index contributed by atoms with van der Waals surface area (Å²) in [6.07, 6.45) is 0. The molecule has 19 heavy (non-hydrogen) atoms. The number of ketones is 1. The molecule has 0 atom stereocenters. The van der Waals surface area contributed by atoms with E-state index in [1.165, 1.54) is 0 Å². The van der Waals surface area contributed by atoms with Gasteiger partial charge in [0, 0.05) is 11.1 Å². The molecule has 94 valence electrons. The molecule has 2 nitrogen and oxygen atoms in total. The maximum absolute atomic E-state index is 12.5. The summed E-state index contributed by atoms with van der Waals surface area (Å²) in [6.45, 7) is 3.95. The van der Waals surface area contributed by atoms with Crippen LogP contribution in [0.25, 0.3) is 11.3 Å². The van der Waals surface area contributed by atoms with Crippen LogP contribution in [0.3, 0.4) is 0 Å². The molecular weight excluding hydrogens is 236 g/mol. The van der Waals surface area contributed by atoms with Crippen molar-refractivity contribution in [3.05, 3.63) is 70.3 Å². The third-order valence-electron chi connectivity index (χ3n) is 3.66. The van der Waals surface area contributed by atoms with E-state index in [2.05, 4.69) is 0 Å². The van der Waals surface area contributed by atoms with Crippen molar-refractivity contribution in [3.63, 3.8) is 0 Å². The van der Waals surface area contributed by atoms with Crippen LogP contribution in [0.5, 0.6) is 0 Å². The zero-order valence-electron chi connectivity index (χ0n) is 10.9. The van der Waals surface area contributed by atoms with Gasteiger partial charge in [-0.3, -0.25) is 4.79 Å². The first-order valence-electron chi connectivity index (χ1n) is 6.24. The van der Waals surface area contributed by atoms with Crippen molar-refractivity contribution < 1.29 is 9.90 Å². The smallest absolute Gasteiger partial charge is 0.198 e. The Bertz CT molecular complexity index is 710. The second-order valence-electron chi connectivity index (χ2n) is 4.90. The zero-order valence-corrected chi connectivity index (χ0v) is 10.9. The van der Waals surface area contributed by atoms with E-state index in [0.717, 1.165) is 16.7 Å². The highest BCUT2D eigenvalue weighted by Crippen LogP contribution is 2.37. The maximum atomic E-state index is 12.5. The molecule has 0 bridgehead atoms. The van der Waals surface area contributed by atoms with E-state index in [1.807, 2.05) is 56.3 Å². The predicted octanol–water partition coefficient (Wildman–Crippen LogP) is 3.93. The van der Waals surface area contributed by atoms with Crippen molar-refractivity contribution in [1.29, 1.82) is 0 Å². The molecule has 0 spiro atoms. The lowest BCUT2D eigenvalue weighted by Crippen LogP contribution is -1.99. The first kappa shape index (κ1) is 11.7. The van der Waals surface area contributed by atoms with E-state index >= 15 is 0 Å². The first-order chi connectivity index (χ1) is 9.09. The summed E-state index contributed by atoms with van der Waals surface area (Å²) >= 11 is 0. The molecule has 0 heterocycles. The lowest BCUT2D eigenvalue weighted by molar-refractivity contribution is 0.105. The second kappa shape index (κ2) is 4.09. The SMILES string of the molecule is Cc1cc2c(cc1C)C(O)=C(c1ccccc1)C2=O. The van der Waals surface area contributed by atoms with Gasteiger partial charge in [0.1, 0.15) is 5.76 Å². The van der Waals surface area contributed by atoms with E-state index in [-0.39, 0.29) is 11.5 Å². The molecule has 2 heteroatoms. The van der Waals surface area contributed by atoms with Gasteiger partial charge in [-0.25, -0.2) is 0 Å². The Kier molecular flexibility index (Phi) is 2.53. The van der Waals surface area contributed by atoms with Crippen molar-refractivity contribution in [2.24, 2.45) is 0 Å². The van der Waals surface area contributed by atoms with Crippen LogP contribution in [-0.2, 0) is 0 Å². The summed E-state index contributed by atoms with van der Waals surface area (Å²) in [4.78, 5) is 12.5. The highest BCUT2D eigenvalue weighted by molar-refractivity contribution is 6.38. The molecule has 1 N–H and O–H groups in total. The number of hydrogen-bond acceptors (Lipinski definition) is 2. The third-order valence-corrected chi connectivity index (χ3v) is 3.66. The zero-order chi connectivity index (χ0) is 13.6. The summed E-state index contributed by atoms with van der Waals surface area (Å²) in [7, 11) is 0. The van der Waals surface area contributed by atoms with E-state index < -0.39 is 0 Å². The molecule has 0 fully saturated rings. The molecule has 0 unspecified atom stereocenters. The van der Waals surface area contributed by atoms with Gasteiger partial charge in [-0.1, -0.05) is 30.3 Å². The molecular formula is C17H14O2. The fourth-order valence-corrected chi connectivity index (χ4v) is 2.45. The molecule has 2 aromatic rings. The minimum atomic E-state index is -0.0956. The maximum Gasteiger partial charge on any atom is 0.198 e. The van der Waals surface area contributed by atoms with Crippen LogP contribution in [0, 0.1) is 13.8 Å². The molecule has 0 aromatic heterocycles. The summed E-state index contributed by atoms with van der Waals surface area (Å²) in [5.74, 6) is -0.00361. The number of carbonyl (C=O) groups excluding carboxylic acids is 1. The average molecular weight is 250 g/mol. The quantitative estimate of drug-likeness (QED) is 0.832. The number of benzene rings is 2.